The van der Waals surface area contributed by atoms with Crippen LogP contribution in [0.4, 0.5) is 0 Å². The van der Waals surface area contributed by atoms with Gasteiger partial charge in [0.1, 0.15) is 0 Å². The summed E-state index contributed by atoms with van der Waals surface area (Å²) >= 11 is 0. The zero-order chi connectivity index (χ0) is 12.8. The van der Waals surface area contributed by atoms with Gasteiger partial charge in [-0.1, -0.05) is 0 Å². The van der Waals surface area contributed by atoms with Crippen molar-refractivity contribution in [2.45, 2.75) is 18.4 Å². The quantitative estimate of drug-likeness (QED) is 0.565. The van der Waals surface area contributed by atoms with Gasteiger partial charge in [0.15, 0.2) is 0 Å². The molecule has 1 aliphatic carbocycles. The Morgan fingerprint density at radius 2 is 1.67 bits per heavy atom. The van der Waals surface area contributed by atoms with Crippen molar-refractivity contribution in [1.82, 2.24) is 4.90 Å². The van der Waals surface area contributed by atoms with Gasteiger partial charge in [-0.2, -0.15) is 0 Å². The van der Waals surface area contributed by atoms with E-state index in [0.717, 1.165) is 19.6 Å². The maximum absolute atomic E-state index is 10.1. The number of hydrogen-bond donors (Lipinski definition) is 1. The van der Waals surface area contributed by atoms with Crippen LogP contribution in [0.2, 0.25) is 0 Å². The third-order valence-electron chi connectivity index (χ3n) is 3.69. The second kappa shape index (κ2) is 6.82. The van der Waals surface area contributed by atoms with Gasteiger partial charge < -0.3 is 19.3 Å². The van der Waals surface area contributed by atoms with Crippen LogP contribution in [0.15, 0.2) is 0 Å². The van der Waals surface area contributed by atoms with Crippen molar-refractivity contribution >= 4 is 0 Å². The van der Waals surface area contributed by atoms with Crippen LogP contribution in [0.5, 0.6) is 0 Å². The summed E-state index contributed by atoms with van der Waals surface area (Å²) in [5.74, 6) is 0.573. The lowest BCUT2D eigenvalue weighted by atomic mass is 9.89. The van der Waals surface area contributed by atoms with Gasteiger partial charge in [-0.05, 0) is 18.8 Å². The van der Waals surface area contributed by atoms with E-state index in [1.165, 1.54) is 12.8 Å². The summed E-state index contributed by atoms with van der Waals surface area (Å²) in [5, 5.41) is 10.1. The van der Waals surface area contributed by atoms with E-state index in [2.05, 4.69) is 4.90 Å². The zero-order valence-corrected chi connectivity index (χ0v) is 11.3. The molecule has 2 aliphatic rings. The first-order chi connectivity index (χ1) is 8.74. The van der Waals surface area contributed by atoms with Gasteiger partial charge in [-0.25, -0.2) is 0 Å². The molecule has 0 spiro atoms. The second-order valence-corrected chi connectivity index (χ2v) is 5.31. The van der Waals surface area contributed by atoms with Crippen molar-refractivity contribution in [1.29, 1.82) is 0 Å². The Morgan fingerprint density at radius 1 is 1.06 bits per heavy atom. The van der Waals surface area contributed by atoms with Crippen LogP contribution in [-0.4, -0.2) is 75.4 Å². The van der Waals surface area contributed by atoms with Gasteiger partial charge in [-0.3, -0.25) is 4.90 Å². The molecular weight excluding hydrogens is 234 g/mol. The lowest BCUT2D eigenvalue weighted by Crippen LogP contribution is -2.63. The first-order valence-corrected chi connectivity index (χ1v) is 6.84. The molecule has 1 saturated heterocycles. The van der Waals surface area contributed by atoms with Gasteiger partial charge in [0.2, 0.25) is 0 Å². The summed E-state index contributed by atoms with van der Waals surface area (Å²) in [5.41, 5.74) is -0.372. The SMILES string of the molecule is COCCOCCOCCN1CC(O)(C2CC2)C1. The van der Waals surface area contributed by atoms with E-state index in [1.54, 1.807) is 7.11 Å². The number of ether oxygens (including phenoxy) is 3. The third kappa shape index (κ3) is 4.17. The summed E-state index contributed by atoms with van der Waals surface area (Å²) in [6.45, 7) is 5.78. The molecule has 0 amide bonds. The van der Waals surface area contributed by atoms with Crippen LogP contribution < -0.4 is 0 Å². The van der Waals surface area contributed by atoms with E-state index in [1.807, 2.05) is 0 Å². The van der Waals surface area contributed by atoms with Crippen molar-refractivity contribution < 1.29 is 19.3 Å². The largest absolute Gasteiger partial charge is 0.387 e. The molecule has 1 saturated carbocycles. The molecule has 0 radical (unpaired) electrons. The fourth-order valence-electron chi connectivity index (χ4n) is 2.42. The summed E-state index contributed by atoms with van der Waals surface area (Å²) < 4.78 is 15.6. The van der Waals surface area contributed by atoms with Gasteiger partial charge in [-0.15, -0.1) is 0 Å². The second-order valence-electron chi connectivity index (χ2n) is 5.31. The minimum Gasteiger partial charge on any atom is -0.387 e. The third-order valence-corrected chi connectivity index (χ3v) is 3.69. The maximum Gasteiger partial charge on any atom is 0.0928 e. The molecule has 106 valence electrons. The summed E-state index contributed by atoms with van der Waals surface area (Å²) in [6, 6.07) is 0. The first-order valence-electron chi connectivity index (χ1n) is 6.84. The van der Waals surface area contributed by atoms with Crippen molar-refractivity contribution in [3.63, 3.8) is 0 Å². The number of methoxy groups -OCH3 is 1. The molecule has 2 rings (SSSR count). The lowest BCUT2D eigenvalue weighted by molar-refractivity contribution is -0.118. The molecule has 1 N–H and O–H groups in total. The van der Waals surface area contributed by atoms with E-state index in [4.69, 9.17) is 14.2 Å². The number of rotatable bonds is 10. The number of nitrogens with zero attached hydrogens (tertiary/aromatic N) is 1. The predicted molar refractivity (Wildman–Crippen MR) is 67.6 cm³/mol. The number of β-amino-alcohol motifs (C(OH)–C–C–N with tert-alkyl or cyclic N) is 1. The Hall–Kier alpha value is -0.200. The fourth-order valence-corrected chi connectivity index (χ4v) is 2.42. The predicted octanol–water partition coefficient (Wildman–Crippen LogP) is 0.123. The lowest BCUT2D eigenvalue weighted by Gasteiger charge is -2.47. The van der Waals surface area contributed by atoms with Crippen molar-refractivity contribution in [2.24, 2.45) is 5.92 Å². The summed E-state index contributed by atoms with van der Waals surface area (Å²) in [7, 11) is 1.66. The van der Waals surface area contributed by atoms with Crippen molar-refractivity contribution in [2.75, 3.05) is 59.8 Å². The van der Waals surface area contributed by atoms with Gasteiger partial charge in [0.05, 0.1) is 38.6 Å². The van der Waals surface area contributed by atoms with Crippen LogP contribution in [0.3, 0.4) is 0 Å². The summed E-state index contributed by atoms with van der Waals surface area (Å²) in [6.07, 6.45) is 2.42. The van der Waals surface area contributed by atoms with E-state index >= 15 is 0 Å². The molecule has 0 aromatic rings. The van der Waals surface area contributed by atoms with Crippen molar-refractivity contribution in [3.05, 3.63) is 0 Å². The Morgan fingerprint density at radius 3 is 2.28 bits per heavy atom. The van der Waals surface area contributed by atoms with E-state index in [0.29, 0.717) is 39.0 Å². The highest BCUT2D eigenvalue weighted by atomic mass is 16.5. The minimum absolute atomic E-state index is 0.372. The van der Waals surface area contributed by atoms with Crippen LogP contribution in [0.1, 0.15) is 12.8 Å². The fraction of sp³-hybridized carbons (Fsp3) is 1.00. The number of aliphatic hydroxyl groups is 1. The molecule has 0 aromatic heterocycles. The maximum atomic E-state index is 10.1. The molecule has 1 heterocycles. The first kappa shape index (κ1) is 14.2. The van der Waals surface area contributed by atoms with Crippen LogP contribution in [0, 0.1) is 5.92 Å². The van der Waals surface area contributed by atoms with Crippen LogP contribution in [0.25, 0.3) is 0 Å². The molecule has 0 bridgehead atoms. The monoisotopic (exact) mass is 259 g/mol. The van der Waals surface area contributed by atoms with Crippen LogP contribution >= 0.6 is 0 Å². The smallest absolute Gasteiger partial charge is 0.0928 e. The van der Waals surface area contributed by atoms with Gasteiger partial charge >= 0.3 is 0 Å². The molecular formula is C13H25NO4. The highest BCUT2D eigenvalue weighted by Gasteiger charge is 2.51. The molecule has 0 aromatic carbocycles. The van der Waals surface area contributed by atoms with Gasteiger partial charge in [0, 0.05) is 26.7 Å². The molecule has 0 unspecified atom stereocenters. The molecule has 1 aliphatic heterocycles. The Balaban J connectivity index is 1.36. The zero-order valence-electron chi connectivity index (χ0n) is 11.3. The van der Waals surface area contributed by atoms with E-state index in [-0.39, 0.29) is 5.60 Å². The Kier molecular flexibility index (Phi) is 5.38. The van der Waals surface area contributed by atoms with E-state index in [9.17, 15) is 5.11 Å². The Labute approximate surface area is 109 Å². The highest BCUT2D eigenvalue weighted by molar-refractivity contribution is 5.05. The highest BCUT2D eigenvalue weighted by Crippen LogP contribution is 2.44. The standard InChI is InChI=1S/C13H25NO4/c1-16-6-7-18-9-8-17-5-4-14-10-13(15,11-14)12-2-3-12/h12,15H,2-11H2,1H3. The minimum atomic E-state index is -0.372. The normalized spacial score (nSPS) is 23.0. The topological polar surface area (TPSA) is 51.2 Å². The molecule has 0 atom stereocenters. The summed E-state index contributed by atoms with van der Waals surface area (Å²) in [4.78, 5) is 2.25. The molecule has 5 nitrogen and oxygen atoms in total. The number of likely N-dealkylation sites (tertiary alicyclic amines) is 1. The van der Waals surface area contributed by atoms with Gasteiger partial charge in [0.25, 0.3) is 0 Å². The van der Waals surface area contributed by atoms with Crippen LogP contribution in [-0.2, 0) is 14.2 Å². The molecule has 2 fully saturated rings. The number of hydrogen-bond acceptors (Lipinski definition) is 5. The van der Waals surface area contributed by atoms with E-state index < -0.39 is 0 Å². The van der Waals surface area contributed by atoms with Crippen molar-refractivity contribution in [3.8, 4) is 0 Å². The molecule has 5 heteroatoms. The average molecular weight is 259 g/mol. The average Bonchev–Trinajstić information content (AvgIpc) is 3.14. The molecule has 18 heavy (non-hydrogen) atoms. The Bertz CT molecular complexity index is 239.